The fourth-order valence-electron chi connectivity index (χ4n) is 4.18. The van der Waals surface area contributed by atoms with Gasteiger partial charge in [0.15, 0.2) is 5.78 Å². The minimum atomic E-state index is -0.967. The molecule has 0 aromatic heterocycles. The predicted molar refractivity (Wildman–Crippen MR) is 108 cm³/mol. The summed E-state index contributed by atoms with van der Waals surface area (Å²) >= 11 is 0. The third kappa shape index (κ3) is 2.61. The first kappa shape index (κ1) is 18.0. The number of carboxylic acids is 1. The maximum atomic E-state index is 12.1. The molecule has 140 valence electrons. The van der Waals surface area contributed by atoms with Crippen LogP contribution in [0.25, 0.3) is 5.57 Å². The molecule has 2 aromatic rings. The highest BCUT2D eigenvalue weighted by molar-refractivity contribution is 6.06. The van der Waals surface area contributed by atoms with Gasteiger partial charge < -0.3 is 10.2 Å². The number of phenolic OH excluding ortho intramolecular Hbond substituents is 1. The Morgan fingerprint density at radius 3 is 2.39 bits per heavy atom. The van der Waals surface area contributed by atoms with Crippen molar-refractivity contribution in [3.8, 4) is 5.75 Å². The molecule has 0 amide bonds. The molecule has 0 heterocycles. The van der Waals surface area contributed by atoms with Crippen molar-refractivity contribution in [3.05, 3.63) is 93.6 Å². The van der Waals surface area contributed by atoms with Crippen LogP contribution >= 0.6 is 0 Å². The van der Waals surface area contributed by atoms with Crippen molar-refractivity contribution >= 4 is 17.3 Å². The van der Waals surface area contributed by atoms with Gasteiger partial charge in [0.1, 0.15) is 5.75 Å². The fraction of sp³-hybridized carbons (Fsp3) is 0.167. The third-order valence-electron chi connectivity index (χ3n) is 5.62. The van der Waals surface area contributed by atoms with Crippen LogP contribution in [0, 0.1) is 6.92 Å². The molecule has 4 rings (SSSR count). The van der Waals surface area contributed by atoms with Crippen LogP contribution in [0.15, 0.2) is 65.8 Å². The second-order valence-corrected chi connectivity index (χ2v) is 7.77. The molecular formula is C24H20O4. The number of hydrogen-bond acceptors (Lipinski definition) is 3. The van der Waals surface area contributed by atoms with E-state index in [0.29, 0.717) is 0 Å². The summed E-state index contributed by atoms with van der Waals surface area (Å²) in [5, 5.41) is 19.4. The first-order chi connectivity index (χ1) is 13.2. The van der Waals surface area contributed by atoms with Crippen LogP contribution < -0.4 is 0 Å². The Bertz CT molecular complexity index is 1140. The smallest absolute Gasteiger partial charge is 0.335 e. The van der Waals surface area contributed by atoms with Gasteiger partial charge in [0.2, 0.25) is 0 Å². The van der Waals surface area contributed by atoms with Gasteiger partial charge in [0.25, 0.3) is 0 Å². The molecule has 0 unspecified atom stereocenters. The molecule has 2 aliphatic rings. The molecule has 0 spiro atoms. The van der Waals surface area contributed by atoms with Crippen LogP contribution in [0.1, 0.15) is 46.5 Å². The summed E-state index contributed by atoms with van der Waals surface area (Å²) in [4.78, 5) is 23.4. The Kier molecular flexibility index (Phi) is 3.89. The van der Waals surface area contributed by atoms with Gasteiger partial charge in [-0.15, -0.1) is 0 Å². The van der Waals surface area contributed by atoms with E-state index in [1.807, 2.05) is 39.0 Å². The number of carbonyl (C=O) groups excluding carboxylic acids is 1. The first-order valence-corrected chi connectivity index (χ1v) is 9.07. The number of hydrogen-bond donors (Lipinski definition) is 2. The fourth-order valence-corrected chi connectivity index (χ4v) is 4.18. The summed E-state index contributed by atoms with van der Waals surface area (Å²) in [6.45, 7) is 5.97. The summed E-state index contributed by atoms with van der Waals surface area (Å²) in [6.07, 6.45) is 5.06. The predicted octanol–water partition coefficient (Wildman–Crippen LogP) is 4.56. The zero-order valence-corrected chi connectivity index (χ0v) is 15.9. The van der Waals surface area contributed by atoms with Gasteiger partial charge in [-0.25, -0.2) is 4.79 Å². The van der Waals surface area contributed by atoms with E-state index in [0.717, 1.165) is 39.0 Å². The lowest BCUT2D eigenvalue weighted by molar-refractivity contribution is -0.110. The van der Waals surface area contributed by atoms with Gasteiger partial charge in [-0.3, -0.25) is 4.79 Å². The van der Waals surface area contributed by atoms with Gasteiger partial charge in [0.05, 0.1) is 5.56 Å². The average Bonchev–Trinajstić information content (AvgIpc) is 2.64. The third-order valence-corrected chi connectivity index (χ3v) is 5.62. The lowest BCUT2D eigenvalue weighted by Crippen LogP contribution is -2.29. The van der Waals surface area contributed by atoms with E-state index in [1.165, 1.54) is 0 Å². The van der Waals surface area contributed by atoms with Crippen LogP contribution in [0.3, 0.4) is 0 Å². The molecule has 0 atom stereocenters. The minimum Gasteiger partial charge on any atom is -0.508 e. The molecule has 2 aromatic carbocycles. The lowest BCUT2D eigenvalue weighted by atomic mass is 9.64. The molecule has 0 saturated heterocycles. The van der Waals surface area contributed by atoms with Gasteiger partial charge in [0, 0.05) is 5.41 Å². The number of rotatable bonds is 2. The molecule has 28 heavy (non-hydrogen) atoms. The average molecular weight is 372 g/mol. The van der Waals surface area contributed by atoms with Crippen molar-refractivity contribution < 1.29 is 19.8 Å². The van der Waals surface area contributed by atoms with Crippen molar-refractivity contribution in [1.82, 2.24) is 0 Å². The number of phenols is 1. The number of carbonyl (C=O) groups is 2. The molecule has 4 heteroatoms. The normalized spacial score (nSPS) is 17.1. The molecule has 0 bridgehead atoms. The Labute approximate surface area is 163 Å². The van der Waals surface area contributed by atoms with Gasteiger partial charge in [-0.05, 0) is 82.3 Å². The molecular weight excluding hydrogens is 352 g/mol. The Morgan fingerprint density at radius 2 is 1.71 bits per heavy atom. The highest BCUT2D eigenvalue weighted by Crippen LogP contribution is 2.50. The number of carboxylic acid groups (broad SMARTS) is 1. The zero-order chi connectivity index (χ0) is 20.2. The van der Waals surface area contributed by atoms with Crippen LogP contribution in [0.5, 0.6) is 5.75 Å². The molecule has 4 nitrogen and oxygen atoms in total. The number of allylic oxidation sites excluding steroid dienone is 5. The van der Waals surface area contributed by atoms with Crippen LogP contribution in [0.2, 0.25) is 0 Å². The van der Waals surface area contributed by atoms with Crippen molar-refractivity contribution in [2.24, 2.45) is 0 Å². The van der Waals surface area contributed by atoms with Crippen molar-refractivity contribution in [3.63, 3.8) is 0 Å². The molecule has 0 radical (unpaired) electrons. The van der Waals surface area contributed by atoms with Crippen LogP contribution in [-0.4, -0.2) is 22.0 Å². The van der Waals surface area contributed by atoms with Gasteiger partial charge in [-0.1, -0.05) is 32.1 Å². The highest BCUT2D eigenvalue weighted by atomic mass is 16.4. The topological polar surface area (TPSA) is 74.6 Å². The second kappa shape index (κ2) is 6.06. The maximum absolute atomic E-state index is 12.1. The lowest BCUT2D eigenvalue weighted by Gasteiger charge is -2.39. The van der Waals surface area contributed by atoms with E-state index < -0.39 is 11.4 Å². The summed E-state index contributed by atoms with van der Waals surface area (Å²) in [5.74, 6) is -0.857. The van der Waals surface area contributed by atoms with Crippen molar-refractivity contribution in [2.45, 2.75) is 26.2 Å². The molecule has 0 aliphatic heterocycles. The Balaban J connectivity index is 2.08. The number of ketones is 1. The van der Waals surface area contributed by atoms with E-state index >= 15 is 0 Å². The SMILES string of the molecule is Cc1cc(C(=O)O)ccc1C1=C2C=CC(=O)C=C2C(C)(C)c2cc(O)ccc21. The summed E-state index contributed by atoms with van der Waals surface area (Å²) < 4.78 is 0. The maximum Gasteiger partial charge on any atom is 0.335 e. The van der Waals surface area contributed by atoms with Crippen LogP contribution in [-0.2, 0) is 10.2 Å². The first-order valence-electron chi connectivity index (χ1n) is 9.07. The number of aromatic carboxylic acids is 1. The van der Waals surface area contributed by atoms with E-state index in [1.54, 1.807) is 36.4 Å². The van der Waals surface area contributed by atoms with E-state index in [4.69, 9.17) is 0 Å². The number of aromatic hydroxyl groups is 1. The number of benzene rings is 2. The van der Waals surface area contributed by atoms with Crippen molar-refractivity contribution in [1.29, 1.82) is 0 Å². The minimum absolute atomic E-state index is 0.0623. The Morgan fingerprint density at radius 1 is 1.00 bits per heavy atom. The highest BCUT2D eigenvalue weighted by Gasteiger charge is 2.38. The molecule has 2 N–H and O–H groups in total. The van der Waals surface area contributed by atoms with Gasteiger partial charge in [-0.2, -0.15) is 0 Å². The molecule has 0 fully saturated rings. The summed E-state index contributed by atoms with van der Waals surface area (Å²) in [6, 6.07) is 10.4. The Hall–Kier alpha value is -3.40. The monoisotopic (exact) mass is 372 g/mol. The van der Waals surface area contributed by atoms with Crippen LogP contribution in [0.4, 0.5) is 0 Å². The standard InChI is InChI=1S/C24H20O4/c1-13-10-14(23(27)28)4-7-17(13)22-18-8-5-15(25)11-20(18)24(2,3)21-12-16(26)6-9-19(21)22/h4-12,25H,1-3H3,(H,27,28). The van der Waals surface area contributed by atoms with Gasteiger partial charge >= 0.3 is 5.97 Å². The summed E-state index contributed by atoms with van der Waals surface area (Å²) in [5.41, 5.74) is 6.23. The number of aryl methyl sites for hydroxylation is 1. The number of fused-ring (bicyclic) bond motifs is 2. The second-order valence-electron chi connectivity index (χ2n) is 7.77. The molecule has 0 saturated carbocycles. The molecule has 2 aliphatic carbocycles. The van der Waals surface area contributed by atoms with E-state index in [2.05, 4.69) is 0 Å². The van der Waals surface area contributed by atoms with Crippen molar-refractivity contribution in [2.75, 3.05) is 0 Å². The quantitative estimate of drug-likeness (QED) is 0.811. The zero-order valence-electron chi connectivity index (χ0n) is 15.9. The largest absolute Gasteiger partial charge is 0.508 e. The summed E-state index contributed by atoms with van der Waals surface area (Å²) in [7, 11) is 0. The van der Waals surface area contributed by atoms with E-state index in [-0.39, 0.29) is 17.1 Å². The van der Waals surface area contributed by atoms with E-state index in [9.17, 15) is 19.8 Å².